The first-order valence-corrected chi connectivity index (χ1v) is 6.58. The van der Waals surface area contributed by atoms with Crippen LogP contribution in [-0.2, 0) is 6.42 Å². The fourth-order valence-corrected chi connectivity index (χ4v) is 2.66. The minimum atomic E-state index is 0.271. The number of fused-ring (bicyclic) bond motifs is 3. The van der Waals surface area contributed by atoms with E-state index in [0.29, 0.717) is 0 Å². The monoisotopic (exact) mass is 278 g/mol. The first-order valence-electron chi connectivity index (χ1n) is 5.45. The summed E-state index contributed by atoms with van der Waals surface area (Å²) in [6, 6.07) is 8.30. The lowest BCUT2D eigenvalue weighted by Gasteiger charge is -2.06. The Morgan fingerprint density at radius 3 is 3.06 bits per heavy atom. The zero-order chi connectivity index (χ0) is 11.1. The molecule has 1 aliphatic rings. The maximum absolute atomic E-state index is 5.98. The number of para-hydroxylation sites is 1. The van der Waals surface area contributed by atoms with Gasteiger partial charge in [-0.05, 0) is 6.07 Å². The van der Waals surface area contributed by atoms with Crippen molar-refractivity contribution in [1.82, 2.24) is 0 Å². The Balaban J connectivity index is 2.27. The molecule has 1 atom stereocenters. The number of aromatic nitrogens is 1. The normalized spacial score (nSPS) is 18.5. The van der Waals surface area contributed by atoms with E-state index in [1.807, 2.05) is 6.07 Å². The molecule has 0 spiro atoms. The summed E-state index contributed by atoms with van der Waals surface area (Å²) in [6.07, 6.45) is 1.27. The SMILES string of the molecule is Cc1[nH+]c2ccccc2c2c1CC(CBr)O2. The van der Waals surface area contributed by atoms with E-state index in [-0.39, 0.29) is 6.10 Å². The Morgan fingerprint density at radius 2 is 2.25 bits per heavy atom. The number of pyridine rings is 1. The van der Waals surface area contributed by atoms with Crippen LogP contribution < -0.4 is 9.72 Å². The molecule has 2 aromatic rings. The maximum Gasteiger partial charge on any atom is 0.214 e. The van der Waals surface area contributed by atoms with Gasteiger partial charge in [0.25, 0.3) is 0 Å². The molecule has 0 bridgehead atoms. The molecule has 1 aromatic carbocycles. The number of ether oxygens (including phenoxy) is 1. The zero-order valence-electron chi connectivity index (χ0n) is 9.09. The van der Waals surface area contributed by atoms with Crippen molar-refractivity contribution in [2.45, 2.75) is 19.4 Å². The highest BCUT2D eigenvalue weighted by Gasteiger charge is 2.29. The largest absolute Gasteiger partial charge is 0.488 e. The third-order valence-corrected chi connectivity index (χ3v) is 3.83. The molecule has 0 radical (unpaired) electrons. The number of aromatic amines is 1. The third-order valence-electron chi connectivity index (χ3n) is 3.11. The van der Waals surface area contributed by atoms with Gasteiger partial charge in [0.1, 0.15) is 11.9 Å². The van der Waals surface area contributed by atoms with Crippen molar-refractivity contribution >= 4 is 26.8 Å². The van der Waals surface area contributed by atoms with Gasteiger partial charge in [0.05, 0.1) is 10.9 Å². The van der Waals surface area contributed by atoms with E-state index in [0.717, 1.165) is 23.0 Å². The van der Waals surface area contributed by atoms with Crippen LogP contribution in [0, 0.1) is 6.92 Å². The van der Waals surface area contributed by atoms with Gasteiger partial charge >= 0.3 is 0 Å². The van der Waals surface area contributed by atoms with E-state index in [9.17, 15) is 0 Å². The average Bonchev–Trinajstić information content (AvgIpc) is 2.74. The number of nitrogens with one attached hydrogen (secondary N) is 1. The number of hydrogen-bond donors (Lipinski definition) is 0. The van der Waals surface area contributed by atoms with Crippen LogP contribution in [-0.4, -0.2) is 11.4 Å². The molecular weight excluding hydrogens is 266 g/mol. The second kappa shape index (κ2) is 3.74. The van der Waals surface area contributed by atoms with Crippen LogP contribution in [0.5, 0.6) is 5.75 Å². The first-order chi connectivity index (χ1) is 7.79. The van der Waals surface area contributed by atoms with Crippen LogP contribution in [0.2, 0.25) is 0 Å². The van der Waals surface area contributed by atoms with Crippen molar-refractivity contribution in [1.29, 1.82) is 0 Å². The van der Waals surface area contributed by atoms with Crippen molar-refractivity contribution < 1.29 is 9.72 Å². The fraction of sp³-hybridized carbons (Fsp3) is 0.308. The molecular formula is C13H13BrNO+. The molecule has 82 valence electrons. The molecule has 2 heterocycles. The molecule has 3 heteroatoms. The highest BCUT2D eigenvalue weighted by molar-refractivity contribution is 9.09. The molecule has 0 amide bonds. The summed E-state index contributed by atoms with van der Waals surface area (Å²) in [5.41, 5.74) is 3.69. The number of halogens is 1. The van der Waals surface area contributed by atoms with Gasteiger partial charge in [-0.25, -0.2) is 4.98 Å². The average molecular weight is 279 g/mol. The Hall–Kier alpha value is -1.09. The minimum Gasteiger partial charge on any atom is -0.488 e. The maximum atomic E-state index is 5.98. The van der Waals surface area contributed by atoms with Crippen LogP contribution in [0.4, 0.5) is 0 Å². The van der Waals surface area contributed by atoms with Gasteiger partial charge in [0.2, 0.25) is 5.52 Å². The van der Waals surface area contributed by atoms with Gasteiger partial charge in [0, 0.05) is 24.7 Å². The van der Waals surface area contributed by atoms with Gasteiger partial charge in [-0.15, -0.1) is 0 Å². The summed E-state index contributed by atoms with van der Waals surface area (Å²) in [5.74, 6) is 1.07. The quantitative estimate of drug-likeness (QED) is 0.736. The van der Waals surface area contributed by atoms with E-state index in [2.05, 4.69) is 46.0 Å². The molecule has 0 fully saturated rings. The molecule has 1 aliphatic heterocycles. The second-order valence-corrected chi connectivity index (χ2v) is 4.85. The Bertz CT molecular complexity index is 553. The molecule has 2 nitrogen and oxygen atoms in total. The molecule has 1 aromatic heterocycles. The highest BCUT2D eigenvalue weighted by atomic mass is 79.9. The van der Waals surface area contributed by atoms with Crippen LogP contribution in [0.1, 0.15) is 11.3 Å². The van der Waals surface area contributed by atoms with Crippen LogP contribution in [0.3, 0.4) is 0 Å². The summed E-state index contributed by atoms with van der Waals surface area (Å²) in [5, 5.41) is 2.07. The standard InChI is InChI=1S/C13H12BrNO/c1-8-11-6-9(7-14)16-13(11)10-4-2-3-5-12(10)15-8/h2-5,9H,6-7H2,1H3/p+1. The number of benzene rings is 1. The van der Waals surface area contributed by atoms with Crippen molar-refractivity contribution in [3.05, 3.63) is 35.5 Å². The predicted octanol–water partition coefficient (Wildman–Crippen LogP) is 2.66. The minimum absolute atomic E-state index is 0.271. The number of H-pyrrole nitrogens is 1. The van der Waals surface area contributed by atoms with Crippen molar-refractivity contribution in [2.75, 3.05) is 5.33 Å². The molecule has 0 aliphatic carbocycles. The molecule has 1 unspecified atom stereocenters. The summed E-state index contributed by atoms with van der Waals surface area (Å²) < 4.78 is 5.98. The van der Waals surface area contributed by atoms with Crippen LogP contribution >= 0.6 is 15.9 Å². The van der Waals surface area contributed by atoms with E-state index in [4.69, 9.17) is 4.74 Å². The van der Waals surface area contributed by atoms with Gasteiger partial charge in [0.15, 0.2) is 5.69 Å². The van der Waals surface area contributed by atoms with Crippen molar-refractivity contribution in [2.24, 2.45) is 0 Å². The summed E-state index contributed by atoms with van der Waals surface area (Å²) in [7, 11) is 0. The van der Waals surface area contributed by atoms with Gasteiger partial charge < -0.3 is 4.74 Å². The lowest BCUT2D eigenvalue weighted by molar-refractivity contribution is -0.355. The molecule has 0 saturated carbocycles. The third kappa shape index (κ3) is 1.42. The van der Waals surface area contributed by atoms with Gasteiger partial charge in [-0.3, -0.25) is 0 Å². The predicted molar refractivity (Wildman–Crippen MR) is 67.2 cm³/mol. The van der Waals surface area contributed by atoms with Crippen molar-refractivity contribution in [3.8, 4) is 5.75 Å². The lowest BCUT2D eigenvalue weighted by atomic mass is 10.1. The number of hydrogen-bond acceptors (Lipinski definition) is 1. The molecule has 16 heavy (non-hydrogen) atoms. The van der Waals surface area contributed by atoms with Crippen molar-refractivity contribution in [3.63, 3.8) is 0 Å². The Kier molecular flexibility index (Phi) is 2.36. The summed E-state index contributed by atoms with van der Waals surface area (Å²) in [4.78, 5) is 3.44. The molecule has 1 N–H and O–H groups in total. The van der Waals surface area contributed by atoms with Crippen LogP contribution in [0.15, 0.2) is 24.3 Å². The van der Waals surface area contributed by atoms with E-state index in [1.54, 1.807) is 0 Å². The zero-order valence-corrected chi connectivity index (χ0v) is 10.7. The van der Waals surface area contributed by atoms with E-state index in [1.165, 1.54) is 16.6 Å². The smallest absolute Gasteiger partial charge is 0.214 e. The first kappa shape index (κ1) is 10.1. The number of aryl methyl sites for hydroxylation is 1. The Labute approximate surface area is 103 Å². The number of alkyl halides is 1. The van der Waals surface area contributed by atoms with E-state index < -0.39 is 0 Å². The topological polar surface area (TPSA) is 23.4 Å². The fourth-order valence-electron chi connectivity index (χ4n) is 2.30. The lowest BCUT2D eigenvalue weighted by Crippen LogP contribution is -2.14. The molecule has 3 rings (SSSR count). The highest BCUT2D eigenvalue weighted by Crippen LogP contribution is 2.36. The van der Waals surface area contributed by atoms with Gasteiger partial charge in [-0.1, -0.05) is 28.1 Å². The van der Waals surface area contributed by atoms with Crippen LogP contribution in [0.25, 0.3) is 10.9 Å². The number of rotatable bonds is 1. The second-order valence-electron chi connectivity index (χ2n) is 4.20. The summed E-state index contributed by atoms with van der Waals surface area (Å²) in [6.45, 7) is 2.12. The van der Waals surface area contributed by atoms with Gasteiger partial charge in [-0.2, -0.15) is 0 Å². The van der Waals surface area contributed by atoms with E-state index >= 15 is 0 Å². The molecule has 0 saturated heterocycles. The Morgan fingerprint density at radius 1 is 1.44 bits per heavy atom. The summed E-state index contributed by atoms with van der Waals surface area (Å²) >= 11 is 3.49.